The number of rotatable bonds is 4. The molecule has 0 aliphatic carbocycles. The van der Waals surface area contributed by atoms with Crippen LogP contribution in [0.5, 0.6) is 0 Å². The Hall–Kier alpha value is -2.43. The number of aromatic nitrogens is 2. The van der Waals surface area contributed by atoms with Crippen LogP contribution < -0.4 is 10.2 Å². The highest BCUT2D eigenvalue weighted by Crippen LogP contribution is 2.22. The van der Waals surface area contributed by atoms with Crippen LogP contribution in [-0.4, -0.2) is 28.5 Å². The van der Waals surface area contributed by atoms with E-state index >= 15 is 0 Å². The Bertz CT molecular complexity index is 687. The Labute approximate surface area is 136 Å². The average molecular weight is 310 g/mol. The highest BCUT2D eigenvalue weighted by molar-refractivity contribution is 5.99. The first-order valence-electron chi connectivity index (χ1n) is 8.15. The van der Waals surface area contributed by atoms with Gasteiger partial charge in [0.2, 0.25) is 5.91 Å². The van der Waals surface area contributed by atoms with Gasteiger partial charge in [-0.3, -0.25) is 4.79 Å². The third-order valence-electron chi connectivity index (χ3n) is 4.08. The van der Waals surface area contributed by atoms with Gasteiger partial charge in [0.05, 0.1) is 0 Å². The minimum Gasteiger partial charge on any atom is -0.358 e. The summed E-state index contributed by atoms with van der Waals surface area (Å²) in [5, 5.41) is 3.30. The molecule has 2 heterocycles. The number of amides is 1. The fourth-order valence-corrected chi connectivity index (χ4v) is 2.94. The van der Waals surface area contributed by atoms with Crippen molar-refractivity contribution in [3.63, 3.8) is 0 Å². The molecule has 1 aliphatic heterocycles. The Kier molecular flexibility index (Phi) is 4.55. The van der Waals surface area contributed by atoms with E-state index in [2.05, 4.69) is 22.2 Å². The molecule has 1 amide bonds. The molecule has 1 unspecified atom stereocenters. The van der Waals surface area contributed by atoms with E-state index in [9.17, 15) is 4.79 Å². The normalized spacial score (nSPS) is 18.1. The van der Waals surface area contributed by atoms with Crippen LogP contribution in [0.15, 0.2) is 36.4 Å². The van der Waals surface area contributed by atoms with Crippen molar-refractivity contribution < 1.29 is 4.79 Å². The van der Waals surface area contributed by atoms with Crippen molar-refractivity contribution in [1.29, 1.82) is 0 Å². The van der Waals surface area contributed by atoms with E-state index in [-0.39, 0.29) is 11.9 Å². The molecule has 5 heteroatoms. The van der Waals surface area contributed by atoms with Gasteiger partial charge < -0.3 is 10.2 Å². The highest BCUT2D eigenvalue weighted by atomic mass is 16.2. The van der Waals surface area contributed by atoms with Crippen molar-refractivity contribution >= 4 is 17.4 Å². The number of para-hydroxylation sites is 1. The summed E-state index contributed by atoms with van der Waals surface area (Å²) in [6.07, 6.45) is 2.66. The van der Waals surface area contributed by atoms with Gasteiger partial charge in [-0.1, -0.05) is 25.1 Å². The van der Waals surface area contributed by atoms with Gasteiger partial charge in [-0.15, -0.1) is 0 Å². The molecule has 1 aliphatic rings. The molecule has 0 spiro atoms. The van der Waals surface area contributed by atoms with Gasteiger partial charge in [0.25, 0.3) is 0 Å². The molecule has 5 nitrogen and oxygen atoms in total. The lowest BCUT2D eigenvalue weighted by Gasteiger charge is -2.33. The lowest BCUT2D eigenvalue weighted by molar-refractivity contribution is -0.120. The van der Waals surface area contributed by atoms with Gasteiger partial charge in [-0.25, -0.2) is 9.97 Å². The first-order valence-corrected chi connectivity index (χ1v) is 8.15. The Balaban J connectivity index is 1.78. The molecular weight excluding hydrogens is 288 g/mol. The van der Waals surface area contributed by atoms with Gasteiger partial charge in [0.1, 0.15) is 17.7 Å². The smallest absolute Gasteiger partial charge is 0.249 e. The van der Waals surface area contributed by atoms with E-state index in [1.807, 2.05) is 48.2 Å². The second kappa shape index (κ2) is 6.77. The zero-order valence-electron chi connectivity index (χ0n) is 13.6. The number of carbonyl (C=O) groups is 1. The molecular formula is C18H22N4O. The number of aryl methyl sites for hydroxylation is 2. The summed E-state index contributed by atoms with van der Waals surface area (Å²) in [7, 11) is 0. The Morgan fingerprint density at radius 1 is 1.26 bits per heavy atom. The molecule has 2 aromatic rings. The fraction of sp³-hybridized carbons (Fsp3) is 0.389. The monoisotopic (exact) mass is 310 g/mol. The second-order valence-electron chi connectivity index (χ2n) is 5.81. The van der Waals surface area contributed by atoms with Crippen LogP contribution in [0, 0.1) is 6.92 Å². The van der Waals surface area contributed by atoms with Crippen LogP contribution in [-0.2, 0) is 11.2 Å². The van der Waals surface area contributed by atoms with E-state index in [0.29, 0.717) is 0 Å². The number of nitrogens with zero attached hydrogens (tertiary/aromatic N) is 3. The first-order chi connectivity index (χ1) is 11.2. The van der Waals surface area contributed by atoms with Crippen molar-refractivity contribution in [2.24, 2.45) is 0 Å². The molecule has 0 saturated carbocycles. The number of carbonyl (C=O) groups excluding carboxylic acids is 1. The first kappa shape index (κ1) is 15.5. The summed E-state index contributed by atoms with van der Waals surface area (Å²) in [5.41, 5.74) is 1.94. The van der Waals surface area contributed by atoms with Gasteiger partial charge >= 0.3 is 0 Å². The summed E-state index contributed by atoms with van der Waals surface area (Å²) < 4.78 is 0. The largest absolute Gasteiger partial charge is 0.358 e. The highest BCUT2D eigenvalue weighted by Gasteiger charge is 2.29. The molecule has 1 aromatic heterocycles. The van der Waals surface area contributed by atoms with Gasteiger partial charge in [0.15, 0.2) is 0 Å². The number of piperidine rings is 1. The number of hydrogen-bond acceptors (Lipinski definition) is 4. The maximum atomic E-state index is 12.8. The third kappa shape index (κ3) is 3.50. The van der Waals surface area contributed by atoms with Crippen LogP contribution in [0.25, 0.3) is 0 Å². The molecule has 0 bridgehead atoms. The van der Waals surface area contributed by atoms with Gasteiger partial charge in [-0.05, 0) is 38.3 Å². The fourth-order valence-electron chi connectivity index (χ4n) is 2.94. The predicted octanol–water partition coefficient (Wildman–Crippen LogP) is 2.95. The molecule has 1 N–H and O–H groups in total. The molecule has 1 atom stereocenters. The van der Waals surface area contributed by atoms with Crippen molar-refractivity contribution in [1.82, 2.24) is 9.97 Å². The lowest BCUT2D eigenvalue weighted by Crippen LogP contribution is -2.47. The quantitative estimate of drug-likeness (QED) is 0.943. The minimum atomic E-state index is -0.233. The topological polar surface area (TPSA) is 58.1 Å². The Morgan fingerprint density at radius 2 is 2.04 bits per heavy atom. The summed E-state index contributed by atoms with van der Waals surface area (Å²) in [6.45, 7) is 4.71. The lowest BCUT2D eigenvalue weighted by atomic mass is 10.0. The van der Waals surface area contributed by atoms with Crippen molar-refractivity contribution in [2.75, 3.05) is 16.8 Å². The standard InChI is InChI=1S/C18H22N4O/c1-3-14-12-17(20-13(2)19-14)21-16-10-7-11-22(18(16)23)15-8-5-4-6-9-15/h4-6,8-9,12,16H,3,7,10-11H2,1-2H3,(H,19,20,21). The van der Waals surface area contributed by atoms with E-state index in [4.69, 9.17) is 0 Å². The number of benzene rings is 1. The van der Waals surface area contributed by atoms with Gasteiger partial charge in [-0.2, -0.15) is 0 Å². The van der Waals surface area contributed by atoms with Crippen molar-refractivity contribution in [2.45, 2.75) is 39.2 Å². The third-order valence-corrected chi connectivity index (χ3v) is 4.08. The summed E-state index contributed by atoms with van der Waals surface area (Å²) in [4.78, 5) is 23.4. The maximum absolute atomic E-state index is 12.8. The summed E-state index contributed by atoms with van der Waals surface area (Å²) in [6, 6.07) is 11.5. The van der Waals surface area contributed by atoms with Crippen molar-refractivity contribution in [3.05, 3.63) is 47.9 Å². The zero-order valence-corrected chi connectivity index (χ0v) is 13.6. The second-order valence-corrected chi connectivity index (χ2v) is 5.81. The molecule has 1 aromatic carbocycles. The average Bonchev–Trinajstić information content (AvgIpc) is 2.57. The van der Waals surface area contributed by atoms with E-state index in [0.717, 1.165) is 48.8 Å². The Morgan fingerprint density at radius 3 is 2.78 bits per heavy atom. The zero-order chi connectivity index (χ0) is 16.2. The van der Waals surface area contributed by atoms with E-state index in [1.54, 1.807) is 0 Å². The summed E-state index contributed by atoms with van der Waals surface area (Å²) in [5.74, 6) is 1.58. The predicted molar refractivity (Wildman–Crippen MR) is 91.6 cm³/mol. The van der Waals surface area contributed by atoms with E-state index < -0.39 is 0 Å². The SMILES string of the molecule is CCc1cc(NC2CCCN(c3ccccc3)C2=O)nc(C)n1. The summed E-state index contributed by atoms with van der Waals surface area (Å²) >= 11 is 0. The molecule has 0 radical (unpaired) electrons. The number of anilines is 2. The molecule has 1 fully saturated rings. The van der Waals surface area contributed by atoms with Crippen molar-refractivity contribution in [3.8, 4) is 0 Å². The van der Waals surface area contributed by atoms with Crippen LogP contribution in [0.4, 0.5) is 11.5 Å². The van der Waals surface area contributed by atoms with Crippen LogP contribution in [0.1, 0.15) is 31.3 Å². The molecule has 23 heavy (non-hydrogen) atoms. The minimum absolute atomic E-state index is 0.108. The van der Waals surface area contributed by atoms with Crippen LogP contribution >= 0.6 is 0 Å². The maximum Gasteiger partial charge on any atom is 0.249 e. The van der Waals surface area contributed by atoms with E-state index in [1.165, 1.54) is 0 Å². The molecule has 1 saturated heterocycles. The van der Waals surface area contributed by atoms with Crippen LogP contribution in [0.3, 0.4) is 0 Å². The number of hydrogen-bond donors (Lipinski definition) is 1. The van der Waals surface area contributed by atoms with Crippen LogP contribution in [0.2, 0.25) is 0 Å². The number of nitrogens with one attached hydrogen (secondary N) is 1. The molecule has 120 valence electrons. The molecule has 3 rings (SSSR count). The van der Waals surface area contributed by atoms with Gasteiger partial charge in [0, 0.05) is 24.0 Å².